The first-order valence-electron chi connectivity index (χ1n) is 7.69. The average Bonchev–Trinajstić information content (AvgIpc) is 3.05. The molecule has 0 saturated heterocycles. The van der Waals surface area contributed by atoms with Gasteiger partial charge in [-0.3, -0.25) is 0 Å². The predicted octanol–water partition coefficient (Wildman–Crippen LogP) is 4.91. The highest BCUT2D eigenvalue weighted by Crippen LogP contribution is 2.51. The van der Waals surface area contributed by atoms with Crippen molar-refractivity contribution >= 4 is 8.32 Å². The van der Waals surface area contributed by atoms with Crippen LogP contribution < -0.4 is 0 Å². The molecular formula is C16H32O2Si. The van der Waals surface area contributed by atoms with Gasteiger partial charge < -0.3 is 9.16 Å². The van der Waals surface area contributed by atoms with E-state index in [0.29, 0.717) is 23.2 Å². The van der Waals surface area contributed by atoms with E-state index in [2.05, 4.69) is 48.1 Å². The Hall–Kier alpha value is -0.123. The lowest BCUT2D eigenvalue weighted by Crippen LogP contribution is -2.51. The lowest BCUT2D eigenvalue weighted by molar-refractivity contribution is 0.0369. The van der Waals surface area contributed by atoms with Gasteiger partial charge in [-0.25, -0.2) is 0 Å². The highest BCUT2D eigenvalue weighted by atomic mass is 28.4. The zero-order chi connectivity index (χ0) is 14.7. The Morgan fingerprint density at radius 1 is 1.05 bits per heavy atom. The van der Waals surface area contributed by atoms with Gasteiger partial charge in [0.1, 0.15) is 0 Å². The monoisotopic (exact) mass is 284 g/mol. The van der Waals surface area contributed by atoms with Gasteiger partial charge in [0.15, 0.2) is 0 Å². The smallest absolute Gasteiger partial charge is 0.201 e. The molecule has 0 N–H and O–H groups in total. The molecule has 3 heteroatoms. The van der Waals surface area contributed by atoms with Gasteiger partial charge in [-0.1, -0.05) is 47.6 Å². The first-order chi connectivity index (χ1) is 8.81. The second kappa shape index (κ2) is 6.55. The summed E-state index contributed by atoms with van der Waals surface area (Å²) in [6.07, 6.45) is 4.13. The van der Waals surface area contributed by atoms with Crippen LogP contribution in [0.25, 0.3) is 0 Å². The Morgan fingerprint density at radius 2 is 1.53 bits per heavy atom. The fourth-order valence-electron chi connectivity index (χ4n) is 3.47. The fourth-order valence-corrected chi connectivity index (χ4v) is 9.19. The van der Waals surface area contributed by atoms with Crippen LogP contribution in [0.15, 0.2) is 12.7 Å². The van der Waals surface area contributed by atoms with Crippen molar-refractivity contribution in [2.75, 3.05) is 13.2 Å². The molecule has 0 aromatic rings. The molecule has 1 saturated carbocycles. The topological polar surface area (TPSA) is 18.5 Å². The van der Waals surface area contributed by atoms with Crippen LogP contribution in [-0.4, -0.2) is 27.1 Å². The van der Waals surface area contributed by atoms with Crippen LogP contribution in [0.5, 0.6) is 0 Å². The van der Waals surface area contributed by atoms with E-state index >= 15 is 0 Å². The summed E-state index contributed by atoms with van der Waals surface area (Å²) in [6, 6.07) is 0. The van der Waals surface area contributed by atoms with Crippen LogP contribution in [-0.2, 0) is 9.16 Å². The standard InChI is InChI=1S/C16H32O2Si/c1-8-11-17-12-16(9-10-16)18-19(13(2)3,14(4)5)15(6)7/h8,13-15H,1,9-12H2,2-7H3. The second-order valence-electron chi connectivity index (χ2n) is 6.91. The predicted molar refractivity (Wildman–Crippen MR) is 85.1 cm³/mol. The van der Waals surface area contributed by atoms with Crippen molar-refractivity contribution in [1.82, 2.24) is 0 Å². The SMILES string of the molecule is C=CCOCC1(O[Si](C(C)C)(C(C)C)C(C)C)CC1. The Morgan fingerprint density at radius 3 is 1.84 bits per heavy atom. The largest absolute Gasteiger partial charge is 0.408 e. The van der Waals surface area contributed by atoms with Gasteiger partial charge in [-0.15, -0.1) is 6.58 Å². The maximum Gasteiger partial charge on any atom is 0.201 e. The first kappa shape index (κ1) is 16.9. The van der Waals surface area contributed by atoms with Crippen LogP contribution >= 0.6 is 0 Å². The lowest BCUT2D eigenvalue weighted by atomic mass is 10.4. The molecule has 0 amide bonds. The minimum absolute atomic E-state index is 0.0219. The normalized spacial score (nSPS) is 18.4. The molecule has 0 aromatic heterocycles. The van der Waals surface area contributed by atoms with Crippen molar-refractivity contribution < 1.29 is 9.16 Å². The highest BCUT2D eigenvalue weighted by Gasteiger charge is 2.55. The van der Waals surface area contributed by atoms with Crippen LogP contribution in [0, 0.1) is 0 Å². The molecule has 0 spiro atoms. The highest BCUT2D eigenvalue weighted by molar-refractivity contribution is 6.77. The minimum Gasteiger partial charge on any atom is -0.408 e. The molecule has 0 atom stereocenters. The molecule has 2 nitrogen and oxygen atoms in total. The molecule has 0 aromatic carbocycles. The van der Waals surface area contributed by atoms with Gasteiger partial charge in [0.2, 0.25) is 8.32 Å². The molecule has 0 unspecified atom stereocenters. The van der Waals surface area contributed by atoms with Crippen molar-refractivity contribution in [2.24, 2.45) is 0 Å². The fraction of sp³-hybridized carbons (Fsp3) is 0.875. The van der Waals surface area contributed by atoms with Crippen LogP contribution in [0.4, 0.5) is 0 Å². The Bertz CT molecular complexity index is 271. The van der Waals surface area contributed by atoms with Gasteiger partial charge in [0.25, 0.3) is 0 Å². The zero-order valence-corrected chi connectivity index (χ0v) is 14.7. The third-order valence-electron chi connectivity index (χ3n) is 4.51. The number of hydrogen-bond acceptors (Lipinski definition) is 2. The second-order valence-corrected chi connectivity index (χ2v) is 12.3. The van der Waals surface area contributed by atoms with Crippen LogP contribution in [0.2, 0.25) is 16.6 Å². The first-order valence-corrected chi connectivity index (χ1v) is 9.83. The third kappa shape index (κ3) is 3.70. The van der Waals surface area contributed by atoms with E-state index in [-0.39, 0.29) is 5.60 Å². The molecule has 1 aliphatic carbocycles. The average molecular weight is 285 g/mol. The maximum atomic E-state index is 6.85. The summed E-state index contributed by atoms with van der Waals surface area (Å²) in [5.41, 5.74) is 1.95. The van der Waals surface area contributed by atoms with E-state index < -0.39 is 8.32 Å². The summed E-state index contributed by atoms with van der Waals surface area (Å²) in [5, 5.41) is 0. The quantitative estimate of drug-likeness (QED) is 0.340. The van der Waals surface area contributed by atoms with Crippen molar-refractivity contribution in [3.8, 4) is 0 Å². The summed E-state index contributed by atoms with van der Waals surface area (Å²) in [6.45, 7) is 19.1. The van der Waals surface area contributed by atoms with Crippen LogP contribution in [0.3, 0.4) is 0 Å². The van der Waals surface area contributed by atoms with Crippen molar-refractivity contribution in [1.29, 1.82) is 0 Å². The molecule has 1 fully saturated rings. The van der Waals surface area contributed by atoms with E-state index in [1.54, 1.807) is 0 Å². The summed E-state index contributed by atoms with van der Waals surface area (Å²) in [4.78, 5) is 0. The van der Waals surface area contributed by atoms with Crippen LogP contribution in [0.1, 0.15) is 54.4 Å². The number of rotatable bonds is 9. The van der Waals surface area contributed by atoms with E-state index in [1.807, 2.05) is 6.08 Å². The minimum atomic E-state index is -1.77. The van der Waals surface area contributed by atoms with Gasteiger partial charge >= 0.3 is 0 Å². The van der Waals surface area contributed by atoms with Gasteiger partial charge in [-0.05, 0) is 29.5 Å². The molecule has 112 valence electrons. The maximum absolute atomic E-state index is 6.85. The lowest BCUT2D eigenvalue weighted by Gasteiger charge is -2.45. The van der Waals surface area contributed by atoms with Gasteiger partial charge in [0, 0.05) is 0 Å². The zero-order valence-electron chi connectivity index (χ0n) is 13.7. The van der Waals surface area contributed by atoms with Gasteiger partial charge in [0.05, 0.1) is 18.8 Å². The summed E-state index contributed by atoms with van der Waals surface area (Å²) in [5.74, 6) is 0. The molecule has 0 radical (unpaired) electrons. The number of hydrogen-bond donors (Lipinski definition) is 0. The van der Waals surface area contributed by atoms with E-state index in [4.69, 9.17) is 9.16 Å². The summed E-state index contributed by atoms with van der Waals surface area (Å²) in [7, 11) is -1.77. The van der Waals surface area contributed by atoms with Crippen molar-refractivity contribution in [3.05, 3.63) is 12.7 Å². The van der Waals surface area contributed by atoms with E-state index in [0.717, 1.165) is 19.4 Å². The van der Waals surface area contributed by atoms with Gasteiger partial charge in [-0.2, -0.15) is 0 Å². The van der Waals surface area contributed by atoms with Crippen molar-refractivity contribution in [3.63, 3.8) is 0 Å². The molecular weight excluding hydrogens is 252 g/mol. The Labute approximate surface area is 120 Å². The molecule has 19 heavy (non-hydrogen) atoms. The summed E-state index contributed by atoms with van der Waals surface area (Å²) < 4.78 is 12.5. The summed E-state index contributed by atoms with van der Waals surface area (Å²) >= 11 is 0. The van der Waals surface area contributed by atoms with E-state index in [1.165, 1.54) is 0 Å². The number of ether oxygens (including phenoxy) is 1. The Kier molecular flexibility index (Phi) is 5.84. The molecule has 0 heterocycles. The molecule has 1 aliphatic rings. The third-order valence-corrected chi connectivity index (χ3v) is 10.7. The van der Waals surface area contributed by atoms with Crippen molar-refractivity contribution in [2.45, 2.75) is 76.6 Å². The molecule has 0 bridgehead atoms. The molecule has 0 aliphatic heterocycles. The molecule has 1 rings (SSSR count). The van der Waals surface area contributed by atoms with E-state index in [9.17, 15) is 0 Å². The Balaban J connectivity index is 2.80.